The molecule has 7 nitrogen and oxygen atoms in total. The molecule has 0 bridgehead atoms. The quantitative estimate of drug-likeness (QED) is 0.460. The van der Waals surface area contributed by atoms with Crippen molar-refractivity contribution >= 4 is 45.6 Å². The van der Waals surface area contributed by atoms with Gasteiger partial charge in [-0.2, -0.15) is 0 Å². The second-order valence-electron chi connectivity index (χ2n) is 6.89. The number of amides is 3. The maximum Gasteiger partial charge on any atom is 0.323 e. The van der Waals surface area contributed by atoms with E-state index in [-0.39, 0.29) is 18.5 Å². The van der Waals surface area contributed by atoms with E-state index in [1.807, 2.05) is 60.8 Å². The predicted octanol–water partition coefficient (Wildman–Crippen LogP) is 4.87. The molecule has 1 aliphatic heterocycles. The van der Waals surface area contributed by atoms with E-state index in [1.165, 1.54) is 0 Å². The molecule has 0 atom stereocenters. The largest absolute Gasteiger partial charge is 0.481 e. The summed E-state index contributed by atoms with van der Waals surface area (Å²) in [6.45, 7) is -0.0618. The average Bonchev–Trinajstić information content (AvgIpc) is 3.22. The second kappa shape index (κ2) is 7.29. The predicted molar refractivity (Wildman–Crippen MR) is 116 cm³/mol. The van der Waals surface area contributed by atoms with Gasteiger partial charge >= 0.3 is 6.03 Å². The lowest BCUT2D eigenvalue weighted by molar-refractivity contribution is -0.120. The highest BCUT2D eigenvalue weighted by atomic mass is 16.5. The summed E-state index contributed by atoms with van der Waals surface area (Å²) in [6.07, 6.45) is 1.85. The summed E-state index contributed by atoms with van der Waals surface area (Å²) >= 11 is 0. The summed E-state index contributed by atoms with van der Waals surface area (Å²) in [5, 5.41) is 6.70. The summed E-state index contributed by atoms with van der Waals surface area (Å²) < 4.78 is 5.60. The number of carbonyl (C=O) groups is 2. The number of ether oxygens (including phenoxy) is 1. The van der Waals surface area contributed by atoms with E-state index in [9.17, 15) is 9.59 Å². The van der Waals surface area contributed by atoms with Crippen LogP contribution in [0, 0.1) is 0 Å². The van der Waals surface area contributed by atoms with Crippen LogP contribution in [-0.4, -0.2) is 23.5 Å². The van der Waals surface area contributed by atoms with Crippen molar-refractivity contribution in [1.82, 2.24) is 4.98 Å². The first-order chi connectivity index (χ1) is 14.7. The molecule has 2 heterocycles. The van der Waals surface area contributed by atoms with E-state index in [4.69, 9.17) is 4.74 Å². The van der Waals surface area contributed by atoms with E-state index in [0.29, 0.717) is 22.8 Å². The number of rotatable bonds is 3. The lowest BCUT2D eigenvalue weighted by Gasteiger charge is -2.29. The summed E-state index contributed by atoms with van der Waals surface area (Å²) in [5.74, 6) is 0.385. The summed E-state index contributed by atoms with van der Waals surface area (Å²) in [4.78, 5) is 29.6. The van der Waals surface area contributed by atoms with Crippen molar-refractivity contribution in [3.63, 3.8) is 0 Å². The van der Waals surface area contributed by atoms with Crippen molar-refractivity contribution < 1.29 is 14.3 Å². The van der Waals surface area contributed by atoms with Crippen LogP contribution in [0.4, 0.5) is 27.5 Å². The minimum atomic E-state index is -0.368. The van der Waals surface area contributed by atoms with Crippen molar-refractivity contribution in [2.45, 2.75) is 0 Å². The number of urea groups is 1. The lowest BCUT2D eigenvalue weighted by Crippen LogP contribution is -2.35. The molecule has 4 aromatic rings. The zero-order valence-corrected chi connectivity index (χ0v) is 15.9. The number of carbonyl (C=O) groups excluding carboxylic acids is 2. The third-order valence-electron chi connectivity index (χ3n) is 4.89. The Bertz CT molecular complexity index is 1250. The molecule has 1 aromatic heterocycles. The molecule has 30 heavy (non-hydrogen) atoms. The minimum absolute atomic E-state index is 0.0618. The minimum Gasteiger partial charge on any atom is -0.481 e. The van der Waals surface area contributed by atoms with Gasteiger partial charge in [0.1, 0.15) is 5.75 Å². The highest BCUT2D eigenvalue weighted by Gasteiger charge is 2.27. The van der Waals surface area contributed by atoms with Crippen LogP contribution in [0.1, 0.15) is 0 Å². The standard InChI is InChI=1S/C23H18N4O3/c28-22-14-30-21-13-17(8-9-20(21)27(22)18-4-2-1-3-5-18)26-23(29)25-16-7-6-15-10-11-24-19(15)12-16/h1-13,24H,14H2,(H2,25,26,29). The fourth-order valence-electron chi connectivity index (χ4n) is 3.51. The molecule has 0 saturated carbocycles. The molecule has 0 fully saturated rings. The number of nitrogens with zero attached hydrogens (tertiary/aromatic N) is 1. The van der Waals surface area contributed by atoms with Gasteiger partial charge in [0.25, 0.3) is 5.91 Å². The number of H-pyrrole nitrogens is 1. The molecule has 5 rings (SSSR count). The molecule has 7 heteroatoms. The molecule has 3 amide bonds. The third-order valence-corrected chi connectivity index (χ3v) is 4.89. The zero-order chi connectivity index (χ0) is 20.5. The number of hydrogen-bond acceptors (Lipinski definition) is 3. The fraction of sp³-hybridized carbons (Fsp3) is 0.0435. The maximum atomic E-state index is 12.4. The van der Waals surface area contributed by atoms with Crippen molar-refractivity contribution in [3.05, 3.63) is 79.0 Å². The highest BCUT2D eigenvalue weighted by Crippen LogP contribution is 2.38. The van der Waals surface area contributed by atoms with Gasteiger partial charge in [-0.3, -0.25) is 9.69 Å². The number of anilines is 4. The van der Waals surface area contributed by atoms with Gasteiger partial charge in [0.05, 0.1) is 5.69 Å². The SMILES string of the molecule is O=C(Nc1ccc2c(c1)OCC(=O)N2c1ccccc1)Nc1ccc2cc[nH]c2c1. The van der Waals surface area contributed by atoms with Gasteiger partial charge in [-0.15, -0.1) is 0 Å². The van der Waals surface area contributed by atoms with Crippen LogP contribution in [0.2, 0.25) is 0 Å². The van der Waals surface area contributed by atoms with Crippen LogP contribution >= 0.6 is 0 Å². The molecule has 3 N–H and O–H groups in total. The van der Waals surface area contributed by atoms with Crippen molar-refractivity contribution in [2.75, 3.05) is 22.1 Å². The van der Waals surface area contributed by atoms with Crippen LogP contribution in [0.15, 0.2) is 79.0 Å². The normalized spacial score (nSPS) is 12.9. The van der Waals surface area contributed by atoms with Crippen LogP contribution in [-0.2, 0) is 4.79 Å². The van der Waals surface area contributed by atoms with E-state index >= 15 is 0 Å². The first-order valence-corrected chi connectivity index (χ1v) is 9.47. The number of aromatic amines is 1. The van der Waals surface area contributed by atoms with E-state index in [0.717, 1.165) is 16.6 Å². The van der Waals surface area contributed by atoms with Gasteiger partial charge < -0.3 is 20.4 Å². The lowest BCUT2D eigenvalue weighted by atomic mass is 10.2. The van der Waals surface area contributed by atoms with Gasteiger partial charge in [-0.1, -0.05) is 24.3 Å². The van der Waals surface area contributed by atoms with Crippen LogP contribution in [0.3, 0.4) is 0 Å². The molecule has 0 radical (unpaired) electrons. The number of aromatic nitrogens is 1. The summed E-state index contributed by atoms with van der Waals surface area (Å²) in [6, 6.07) is 21.9. The molecule has 0 aliphatic carbocycles. The molecular formula is C23H18N4O3. The van der Waals surface area contributed by atoms with Gasteiger partial charge in [-0.25, -0.2) is 4.79 Å². The first-order valence-electron chi connectivity index (χ1n) is 9.47. The Balaban J connectivity index is 1.35. The smallest absolute Gasteiger partial charge is 0.323 e. The Hall–Kier alpha value is -4.26. The van der Waals surface area contributed by atoms with Crippen molar-refractivity contribution in [3.8, 4) is 5.75 Å². The molecule has 148 valence electrons. The Morgan fingerprint density at radius 3 is 2.53 bits per heavy atom. The fourth-order valence-corrected chi connectivity index (χ4v) is 3.51. The van der Waals surface area contributed by atoms with Crippen LogP contribution in [0.25, 0.3) is 10.9 Å². The molecular weight excluding hydrogens is 380 g/mol. The number of fused-ring (bicyclic) bond motifs is 2. The van der Waals surface area contributed by atoms with Crippen LogP contribution in [0.5, 0.6) is 5.75 Å². The van der Waals surface area contributed by atoms with E-state index < -0.39 is 0 Å². The van der Waals surface area contributed by atoms with Crippen LogP contribution < -0.4 is 20.3 Å². The Morgan fingerprint density at radius 2 is 1.70 bits per heavy atom. The average molecular weight is 398 g/mol. The molecule has 3 aromatic carbocycles. The van der Waals surface area contributed by atoms with E-state index in [1.54, 1.807) is 23.1 Å². The number of hydrogen-bond donors (Lipinski definition) is 3. The van der Waals surface area contributed by atoms with E-state index in [2.05, 4.69) is 15.6 Å². The molecule has 1 aliphatic rings. The third kappa shape index (κ3) is 3.33. The number of benzene rings is 3. The summed E-state index contributed by atoms with van der Waals surface area (Å²) in [7, 11) is 0. The Morgan fingerprint density at radius 1 is 0.933 bits per heavy atom. The number of para-hydroxylation sites is 1. The van der Waals surface area contributed by atoms with Crippen molar-refractivity contribution in [2.24, 2.45) is 0 Å². The summed E-state index contributed by atoms with van der Waals surface area (Å²) in [5.41, 5.74) is 3.60. The second-order valence-corrected chi connectivity index (χ2v) is 6.89. The first kappa shape index (κ1) is 17.8. The molecule has 0 spiro atoms. The van der Waals surface area contributed by atoms with Crippen molar-refractivity contribution in [1.29, 1.82) is 0 Å². The van der Waals surface area contributed by atoms with Gasteiger partial charge in [0.15, 0.2) is 6.61 Å². The van der Waals surface area contributed by atoms with Gasteiger partial charge in [0.2, 0.25) is 0 Å². The highest BCUT2D eigenvalue weighted by molar-refractivity contribution is 6.05. The monoisotopic (exact) mass is 398 g/mol. The Kier molecular flexibility index (Phi) is 4.33. The topological polar surface area (TPSA) is 86.5 Å². The Labute approximate surface area is 172 Å². The molecule has 0 unspecified atom stereocenters. The maximum absolute atomic E-state index is 12.4. The molecule has 0 saturated heterocycles. The number of nitrogens with one attached hydrogen (secondary N) is 3. The van der Waals surface area contributed by atoms with Gasteiger partial charge in [0, 0.05) is 34.8 Å². The van der Waals surface area contributed by atoms with Gasteiger partial charge in [-0.05, 0) is 47.9 Å². The zero-order valence-electron chi connectivity index (χ0n) is 15.9.